The fourth-order valence-corrected chi connectivity index (χ4v) is 2.89. The number of nitrogens with zero attached hydrogens (tertiary/aromatic N) is 2. The molecule has 0 amide bonds. The maximum Gasteiger partial charge on any atom is 0.169 e. The number of hydrogen-bond donors (Lipinski definition) is 0. The smallest absolute Gasteiger partial charge is 0.169 e. The van der Waals surface area contributed by atoms with E-state index in [1.807, 2.05) is 5.38 Å². The Balaban J connectivity index is 1.97. The summed E-state index contributed by atoms with van der Waals surface area (Å²) in [5.41, 5.74) is 0.577. The monoisotopic (exact) mass is 224 g/mol. The highest BCUT2D eigenvalue weighted by molar-refractivity contribution is 7.09. The molecule has 0 radical (unpaired) electrons. The SMILES string of the molecule is CN1CCCCC1Cc1nc(C=O)cs1. The van der Waals surface area contributed by atoms with E-state index in [0.29, 0.717) is 11.7 Å². The lowest BCUT2D eigenvalue weighted by Gasteiger charge is -2.31. The highest BCUT2D eigenvalue weighted by Crippen LogP contribution is 2.20. The summed E-state index contributed by atoms with van der Waals surface area (Å²) in [5.74, 6) is 0. The molecule has 1 aliphatic heterocycles. The Labute approximate surface area is 94.1 Å². The van der Waals surface area contributed by atoms with E-state index in [0.717, 1.165) is 17.7 Å². The van der Waals surface area contributed by atoms with Gasteiger partial charge >= 0.3 is 0 Å². The van der Waals surface area contributed by atoms with Gasteiger partial charge in [0, 0.05) is 17.8 Å². The predicted octanol–water partition coefficient (Wildman–Crippen LogP) is 1.98. The van der Waals surface area contributed by atoms with Crippen LogP contribution in [0.25, 0.3) is 0 Å². The summed E-state index contributed by atoms with van der Waals surface area (Å²) >= 11 is 1.60. The lowest BCUT2D eigenvalue weighted by atomic mass is 10.0. The van der Waals surface area contributed by atoms with Crippen molar-refractivity contribution in [1.29, 1.82) is 0 Å². The maximum absolute atomic E-state index is 10.5. The average molecular weight is 224 g/mol. The third kappa shape index (κ3) is 2.63. The van der Waals surface area contributed by atoms with Gasteiger partial charge in [-0.15, -0.1) is 11.3 Å². The van der Waals surface area contributed by atoms with Crippen LogP contribution in [0, 0.1) is 0 Å². The zero-order valence-electron chi connectivity index (χ0n) is 8.98. The van der Waals surface area contributed by atoms with Crippen molar-refractivity contribution in [2.45, 2.75) is 31.7 Å². The molecule has 0 saturated carbocycles. The highest BCUT2D eigenvalue weighted by atomic mass is 32.1. The first-order valence-electron chi connectivity index (χ1n) is 5.39. The summed E-state index contributed by atoms with van der Waals surface area (Å²) in [6.07, 6.45) is 5.71. The third-order valence-electron chi connectivity index (χ3n) is 3.02. The van der Waals surface area contributed by atoms with Crippen molar-refractivity contribution < 1.29 is 4.79 Å². The van der Waals surface area contributed by atoms with Crippen LogP contribution in [0.4, 0.5) is 0 Å². The van der Waals surface area contributed by atoms with E-state index in [9.17, 15) is 4.79 Å². The lowest BCUT2D eigenvalue weighted by molar-refractivity contribution is 0.111. The molecular formula is C11H16N2OS. The number of carbonyl (C=O) groups is 1. The van der Waals surface area contributed by atoms with Gasteiger partial charge in [-0.1, -0.05) is 6.42 Å². The molecule has 0 aliphatic carbocycles. The molecular weight excluding hydrogens is 208 g/mol. The van der Waals surface area contributed by atoms with Gasteiger partial charge in [0.25, 0.3) is 0 Å². The zero-order chi connectivity index (χ0) is 10.7. The van der Waals surface area contributed by atoms with Crippen LogP contribution < -0.4 is 0 Å². The first-order valence-corrected chi connectivity index (χ1v) is 6.27. The summed E-state index contributed by atoms with van der Waals surface area (Å²) in [7, 11) is 2.18. The van der Waals surface area contributed by atoms with Gasteiger partial charge in [0.2, 0.25) is 0 Å². The number of piperidine rings is 1. The molecule has 15 heavy (non-hydrogen) atoms. The molecule has 1 unspecified atom stereocenters. The van der Waals surface area contributed by atoms with Crippen molar-refractivity contribution >= 4 is 17.6 Å². The van der Waals surface area contributed by atoms with Gasteiger partial charge in [0.1, 0.15) is 5.69 Å². The molecule has 1 aliphatic rings. The molecule has 2 heterocycles. The number of carbonyl (C=O) groups excluding carboxylic acids is 1. The van der Waals surface area contributed by atoms with Crippen molar-refractivity contribution in [3.8, 4) is 0 Å². The Morgan fingerprint density at radius 2 is 2.53 bits per heavy atom. The normalized spacial score (nSPS) is 22.9. The number of hydrogen-bond acceptors (Lipinski definition) is 4. The molecule has 82 valence electrons. The van der Waals surface area contributed by atoms with Crippen LogP contribution in [0.15, 0.2) is 5.38 Å². The lowest BCUT2D eigenvalue weighted by Crippen LogP contribution is -2.37. The molecule has 0 bridgehead atoms. The molecule has 0 spiro atoms. The fourth-order valence-electron chi connectivity index (χ4n) is 2.08. The molecule has 1 fully saturated rings. The second kappa shape index (κ2) is 4.86. The minimum Gasteiger partial charge on any atom is -0.303 e. The topological polar surface area (TPSA) is 33.2 Å². The van der Waals surface area contributed by atoms with Crippen LogP contribution >= 0.6 is 11.3 Å². The second-order valence-corrected chi connectivity index (χ2v) is 5.06. The van der Waals surface area contributed by atoms with E-state index in [4.69, 9.17) is 0 Å². The summed E-state index contributed by atoms with van der Waals surface area (Å²) in [6, 6.07) is 0.615. The average Bonchev–Trinajstić information content (AvgIpc) is 2.69. The van der Waals surface area contributed by atoms with Gasteiger partial charge < -0.3 is 4.90 Å². The van der Waals surface area contributed by atoms with E-state index in [1.165, 1.54) is 25.8 Å². The van der Waals surface area contributed by atoms with Crippen molar-refractivity contribution in [3.05, 3.63) is 16.1 Å². The Kier molecular flexibility index (Phi) is 3.49. The van der Waals surface area contributed by atoms with Crippen LogP contribution in [0.3, 0.4) is 0 Å². The van der Waals surface area contributed by atoms with Crippen molar-refractivity contribution in [2.24, 2.45) is 0 Å². The molecule has 0 aromatic carbocycles. The molecule has 0 N–H and O–H groups in total. The standard InChI is InChI=1S/C11H16N2OS/c1-13-5-3-2-4-10(13)6-11-12-9(7-14)8-15-11/h7-8,10H,2-6H2,1H3. The van der Waals surface area contributed by atoms with Gasteiger partial charge in [-0.3, -0.25) is 4.79 Å². The van der Waals surface area contributed by atoms with E-state index in [2.05, 4.69) is 16.9 Å². The molecule has 4 heteroatoms. The molecule has 1 aromatic heterocycles. The number of aromatic nitrogens is 1. The summed E-state index contributed by atoms with van der Waals surface area (Å²) in [5, 5.41) is 2.93. The Morgan fingerprint density at radius 1 is 1.67 bits per heavy atom. The summed E-state index contributed by atoms with van der Waals surface area (Å²) in [4.78, 5) is 17.2. The van der Waals surface area contributed by atoms with Gasteiger partial charge in [-0.05, 0) is 26.4 Å². The Bertz CT molecular complexity index is 337. The fraction of sp³-hybridized carbons (Fsp3) is 0.636. The minimum atomic E-state index is 0.577. The van der Waals surface area contributed by atoms with Gasteiger partial charge in [-0.25, -0.2) is 4.98 Å². The minimum absolute atomic E-state index is 0.577. The van der Waals surface area contributed by atoms with Crippen LogP contribution in [-0.4, -0.2) is 35.8 Å². The summed E-state index contributed by atoms with van der Waals surface area (Å²) in [6.45, 7) is 1.19. The van der Waals surface area contributed by atoms with Crippen LogP contribution in [0.5, 0.6) is 0 Å². The first-order chi connectivity index (χ1) is 7.29. The highest BCUT2D eigenvalue weighted by Gasteiger charge is 2.20. The number of likely N-dealkylation sites (N-methyl/N-ethyl adjacent to an activating group) is 1. The number of thiazole rings is 1. The first kappa shape index (κ1) is 10.8. The van der Waals surface area contributed by atoms with E-state index in [-0.39, 0.29) is 0 Å². The third-order valence-corrected chi connectivity index (χ3v) is 3.91. The number of likely N-dealkylation sites (tertiary alicyclic amines) is 1. The molecule has 1 saturated heterocycles. The molecule has 3 nitrogen and oxygen atoms in total. The summed E-state index contributed by atoms with van der Waals surface area (Å²) < 4.78 is 0. The van der Waals surface area contributed by atoms with Gasteiger partial charge in [0.05, 0.1) is 5.01 Å². The van der Waals surface area contributed by atoms with Crippen LogP contribution in [0.1, 0.15) is 34.8 Å². The molecule has 1 aromatic rings. The number of aldehydes is 1. The van der Waals surface area contributed by atoms with Crippen molar-refractivity contribution in [3.63, 3.8) is 0 Å². The number of rotatable bonds is 3. The Morgan fingerprint density at radius 3 is 3.20 bits per heavy atom. The quantitative estimate of drug-likeness (QED) is 0.736. The Hall–Kier alpha value is -0.740. The van der Waals surface area contributed by atoms with Crippen LogP contribution in [-0.2, 0) is 6.42 Å². The van der Waals surface area contributed by atoms with Crippen molar-refractivity contribution in [1.82, 2.24) is 9.88 Å². The predicted molar refractivity (Wildman–Crippen MR) is 61.5 cm³/mol. The molecule has 2 rings (SSSR count). The van der Waals surface area contributed by atoms with E-state index in [1.54, 1.807) is 11.3 Å². The van der Waals surface area contributed by atoms with Crippen LogP contribution in [0.2, 0.25) is 0 Å². The maximum atomic E-state index is 10.5. The zero-order valence-corrected chi connectivity index (χ0v) is 9.80. The largest absolute Gasteiger partial charge is 0.303 e. The van der Waals surface area contributed by atoms with Gasteiger partial charge in [0.15, 0.2) is 6.29 Å². The van der Waals surface area contributed by atoms with Gasteiger partial charge in [-0.2, -0.15) is 0 Å². The molecule has 1 atom stereocenters. The van der Waals surface area contributed by atoms with Crippen molar-refractivity contribution in [2.75, 3.05) is 13.6 Å². The van der Waals surface area contributed by atoms with E-state index < -0.39 is 0 Å². The van der Waals surface area contributed by atoms with E-state index >= 15 is 0 Å². The second-order valence-electron chi connectivity index (χ2n) is 4.12.